The van der Waals surface area contributed by atoms with Gasteiger partial charge < -0.3 is 10.6 Å². The van der Waals surface area contributed by atoms with Crippen LogP contribution in [0, 0.1) is 0 Å². The summed E-state index contributed by atoms with van der Waals surface area (Å²) in [5.74, 6) is 0. The number of anilines is 1. The van der Waals surface area contributed by atoms with E-state index in [2.05, 4.69) is 4.90 Å². The predicted molar refractivity (Wildman–Crippen MR) is 56.7 cm³/mol. The molecule has 0 unspecified atom stereocenters. The van der Waals surface area contributed by atoms with Crippen molar-refractivity contribution in [3.05, 3.63) is 28.2 Å². The van der Waals surface area contributed by atoms with Crippen molar-refractivity contribution in [1.82, 2.24) is 0 Å². The van der Waals surface area contributed by atoms with Gasteiger partial charge in [0, 0.05) is 34.9 Å². The molecule has 0 bridgehead atoms. The summed E-state index contributed by atoms with van der Waals surface area (Å²) in [7, 11) is 0. The van der Waals surface area contributed by atoms with Crippen LogP contribution in [0.3, 0.4) is 0 Å². The molecule has 1 aromatic rings. The standard InChI is InChI=1S/C9H10Cl2N2/c10-6-1-7(11)3-9(2-6)13-4-8(12)5-13/h1-3,8H,4-5,12H2. The van der Waals surface area contributed by atoms with Crippen LogP contribution in [0.5, 0.6) is 0 Å². The Morgan fingerprint density at radius 3 is 2.15 bits per heavy atom. The van der Waals surface area contributed by atoms with Crippen LogP contribution in [0.4, 0.5) is 5.69 Å². The lowest BCUT2D eigenvalue weighted by molar-refractivity contribution is 0.519. The summed E-state index contributed by atoms with van der Waals surface area (Å²) in [5, 5.41) is 1.34. The molecule has 1 aromatic carbocycles. The molecule has 13 heavy (non-hydrogen) atoms. The molecule has 0 spiro atoms. The molecule has 0 atom stereocenters. The van der Waals surface area contributed by atoms with Crippen molar-refractivity contribution in [2.45, 2.75) is 6.04 Å². The number of hydrogen-bond acceptors (Lipinski definition) is 2. The van der Waals surface area contributed by atoms with E-state index in [-0.39, 0.29) is 6.04 Å². The summed E-state index contributed by atoms with van der Waals surface area (Å²) in [6.07, 6.45) is 0. The van der Waals surface area contributed by atoms with Gasteiger partial charge in [-0.2, -0.15) is 0 Å². The Balaban J connectivity index is 2.21. The fourth-order valence-electron chi connectivity index (χ4n) is 1.45. The molecule has 4 heteroatoms. The van der Waals surface area contributed by atoms with E-state index < -0.39 is 0 Å². The second-order valence-corrected chi connectivity index (χ2v) is 4.17. The van der Waals surface area contributed by atoms with Crippen LogP contribution in [0.1, 0.15) is 0 Å². The largest absolute Gasteiger partial charge is 0.368 e. The molecule has 0 aliphatic carbocycles. The van der Waals surface area contributed by atoms with Crippen molar-refractivity contribution >= 4 is 28.9 Å². The maximum Gasteiger partial charge on any atom is 0.0441 e. The van der Waals surface area contributed by atoms with Gasteiger partial charge in [-0.15, -0.1) is 0 Å². The summed E-state index contributed by atoms with van der Waals surface area (Å²) < 4.78 is 0. The minimum atomic E-state index is 0.290. The Bertz CT molecular complexity index is 301. The zero-order valence-corrected chi connectivity index (χ0v) is 8.52. The highest BCUT2D eigenvalue weighted by Gasteiger charge is 2.23. The Kier molecular flexibility index (Phi) is 2.37. The van der Waals surface area contributed by atoms with Crippen LogP contribution in [0.15, 0.2) is 18.2 Å². The van der Waals surface area contributed by atoms with E-state index in [1.165, 1.54) is 0 Å². The highest BCUT2D eigenvalue weighted by atomic mass is 35.5. The number of nitrogens with zero attached hydrogens (tertiary/aromatic N) is 1. The minimum absolute atomic E-state index is 0.290. The molecule has 1 heterocycles. The second kappa shape index (κ2) is 3.37. The van der Waals surface area contributed by atoms with Gasteiger partial charge in [0.15, 0.2) is 0 Å². The van der Waals surface area contributed by atoms with Crippen molar-refractivity contribution in [3.63, 3.8) is 0 Å². The monoisotopic (exact) mass is 216 g/mol. The minimum Gasteiger partial charge on any atom is -0.368 e. The van der Waals surface area contributed by atoms with Crippen LogP contribution >= 0.6 is 23.2 Å². The highest BCUT2D eigenvalue weighted by Crippen LogP contribution is 2.27. The van der Waals surface area contributed by atoms with E-state index in [0.717, 1.165) is 18.8 Å². The Morgan fingerprint density at radius 1 is 1.15 bits per heavy atom. The summed E-state index contributed by atoms with van der Waals surface area (Å²) in [5.41, 5.74) is 6.73. The van der Waals surface area contributed by atoms with E-state index in [9.17, 15) is 0 Å². The lowest BCUT2D eigenvalue weighted by Gasteiger charge is -2.38. The van der Waals surface area contributed by atoms with Gasteiger partial charge >= 0.3 is 0 Å². The third kappa shape index (κ3) is 1.90. The first-order chi connectivity index (χ1) is 6.15. The second-order valence-electron chi connectivity index (χ2n) is 3.29. The quantitative estimate of drug-likeness (QED) is 0.780. The van der Waals surface area contributed by atoms with Crippen molar-refractivity contribution in [3.8, 4) is 0 Å². The molecule has 0 radical (unpaired) electrons. The lowest BCUT2D eigenvalue weighted by Crippen LogP contribution is -2.55. The van der Waals surface area contributed by atoms with Crippen LogP contribution in [-0.4, -0.2) is 19.1 Å². The molecular formula is C9H10Cl2N2. The molecule has 2 N–H and O–H groups in total. The van der Waals surface area contributed by atoms with E-state index >= 15 is 0 Å². The SMILES string of the molecule is NC1CN(c2cc(Cl)cc(Cl)c2)C1. The molecule has 70 valence electrons. The van der Waals surface area contributed by atoms with Gasteiger partial charge in [-0.3, -0.25) is 0 Å². The highest BCUT2D eigenvalue weighted by molar-refractivity contribution is 6.35. The smallest absolute Gasteiger partial charge is 0.0441 e. The molecule has 1 fully saturated rings. The molecular weight excluding hydrogens is 207 g/mol. The average molecular weight is 217 g/mol. The first-order valence-corrected chi connectivity index (χ1v) is 4.87. The number of hydrogen-bond donors (Lipinski definition) is 1. The van der Waals surface area contributed by atoms with Crippen LogP contribution in [0.25, 0.3) is 0 Å². The van der Waals surface area contributed by atoms with Gasteiger partial charge in [0.05, 0.1) is 0 Å². The van der Waals surface area contributed by atoms with Crippen LogP contribution < -0.4 is 10.6 Å². The van der Waals surface area contributed by atoms with Crippen molar-refractivity contribution < 1.29 is 0 Å². The third-order valence-corrected chi connectivity index (χ3v) is 2.56. The van der Waals surface area contributed by atoms with Crippen LogP contribution in [-0.2, 0) is 0 Å². The first-order valence-electron chi connectivity index (χ1n) is 4.12. The topological polar surface area (TPSA) is 29.3 Å². The fourth-order valence-corrected chi connectivity index (χ4v) is 1.96. The maximum atomic E-state index is 5.87. The summed E-state index contributed by atoms with van der Waals surface area (Å²) in [4.78, 5) is 2.16. The van der Waals surface area contributed by atoms with Gasteiger partial charge in [0.2, 0.25) is 0 Å². The van der Waals surface area contributed by atoms with Crippen molar-refractivity contribution in [1.29, 1.82) is 0 Å². The lowest BCUT2D eigenvalue weighted by atomic mass is 10.1. The average Bonchev–Trinajstić information content (AvgIpc) is 1.96. The van der Waals surface area contributed by atoms with Gasteiger partial charge in [-0.1, -0.05) is 23.2 Å². The number of nitrogens with two attached hydrogens (primary N) is 1. The maximum absolute atomic E-state index is 5.87. The Morgan fingerprint density at radius 2 is 1.69 bits per heavy atom. The molecule has 0 amide bonds. The summed E-state index contributed by atoms with van der Waals surface area (Å²) in [6, 6.07) is 5.82. The number of benzene rings is 1. The normalized spacial score (nSPS) is 17.3. The van der Waals surface area contributed by atoms with Gasteiger partial charge in [-0.05, 0) is 18.2 Å². The summed E-state index contributed by atoms with van der Waals surface area (Å²) in [6.45, 7) is 1.77. The number of halogens is 2. The van der Waals surface area contributed by atoms with E-state index in [0.29, 0.717) is 10.0 Å². The van der Waals surface area contributed by atoms with Gasteiger partial charge in [-0.25, -0.2) is 0 Å². The van der Waals surface area contributed by atoms with Crippen molar-refractivity contribution in [2.75, 3.05) is 18.0 Å². The zero-order valence-electron chi connectivity index (χ0n) is 7.00. The Labute approximate surface area is 87.2 Å². The molecule has 1 saturated heterocycles. The first kappa shape index (κ1) is 9.13. The van der Waals surface area contributed by atoms with E-state index in [1.807, 2.05) is 12.1 Å². The number of rotatable bonds is 1. The molecule has 0 saturated carbocycles. The zero-order chi connectivity index (χ0) is 9.42. The van der Waals surface area contributed by atoms with E-state index in [1.54, 1.807) is 6.07 Å². The summed E-state index contributed by atoms with van der Waals surface area (Å²) >= 11 is 11.7. The van der Waals surface area contributed by atoms with Gasteiger partial charge in [0.25, 0.3) is 0 Å². The molecule has 1 aliphatic heterocycles. The predicted octanol–water partition coefficient (Wildman–Crippen LogP) is 2.14. The van der Waals surface area contributed by atoms with E-state index in [4.69, 9.17) is 28.9 Å². The fraction of sp³-hybridized carbons (Fsp3) is 0.333. The van der Waals surface area contributed by atoms with Gasteiger partial charge in [0.1, 0.15) is 0 Å². The molecule has 2 nitrogen and oxygen atoms in total. The molecule has 0 aromatic heterocycles. The molecule has 1 aliphatic rings. The van der Waals surface area contributed by atoms with Crippen molar-refractivity contribution in [2.24, 2.45) is 5.73 Å². The van der Waals surface area contributed by atoms with Crippen LogP contribution in [0.2, 0.25) is 10.0 Å². The molecule has 2 rings (SSSR count). The Hall–Kier alpha value is -0.440. The third-order valence-electron chi connectivity index (χ3n) is 2.12.